The van der Waals surface area contributed by atoms with Gasteiger partial charge in [0.15, 0.2) is 5.17 Å². The van der Waals surface area contributed by atoms with E-state index in [0.29, 0.717) is 23.1 Å². The minimum atomic E-state index is -0.563. The Balaban J connectivity index is 1.49. The van der Waals surface area contributed by atoms with Crippen molar-refractivity contribution in [3.05, 3.63) is 90.5 Å². The number of nitrogens with one attached hydrogen (secondary N) is 1. The summed E-state index contributed by atoms with van der Waals surface area (Å²) in [7, 11) is 1.58. The summed E-state index contributed by atoms with van der Waals surface area (Å²) in [6.45, 7) is 0.552. The lowest BCUT2D eigenvalue weighted by Gasteiger charge is -2.32. The lowest BCUT2D eigenvalue weighted by atomic mass is 10.1. The first-order valence-corrected chi connectivity index (χ1v) is 12.1. The second-order valence-electron chi connectivity index (χ2n) is 7.90. The van der Waals surface area contributed by atoms with Crippen molar-refractivity contribution in [1.82, 2.24) is 4.90 Å². The summed E-state index contributed by atoms with van der Waals surface area (Å²) in [4.78, 5) is 32.6. The number of aryl methyl sites for hydroxylation is 1. The van der Waals surface area contributed by atoms with E-state index in [2.05, 4.69) is 17.4 Å². The van der Waals surface area contributed by atoms with Gasteiger partial charge in [-0.1, -0.05) is 66.4 Å². The van der Waals surface area contributed by atoms with E-state index in [0.717, 1.165) is 18.5 Å². The molecular formula is C27H27N3O3S. The number of para-hydroxylation sites is 1. The zero-order chi connectivity index (χ0) is 23.8. The van der Waals surface area contributed by atoms with Crippen LogP contribution < -0.4 is 10.1 Å². The SMILES string of the molecule is COc1cccc(NC(=O)C2CC(=O)N(CCCc3ccccc3)C(=Nc3ccccc3)S2)c1. The van der Waals surface area contributed by atoms with Gasteiger partial charge in [-0.15, -0.1) is 0 Å². The molecule has 4 rings (SSSR count). The molecule has 1 aliphatic heterocycles. The van der Waals surface area contributed by atoms with Gasteiger partial charge in [0.05, 0.1) is 12.8 Å². The molecule has 34 heavy (non-hydrogen) atoms. The summed E-state index contributed by atoms with van der Waals surface area (Å²) < 4.78 is 5.23. The Labute approximate surface area is 204 Å². The van der Waals surface area contributed by atoms with Crippen LogP contribution in [-0.2, 0) is 16.0 Å². The van der Waals surface area contributed by atoms with Crippen LogP contribution in [0.2, 0.25) is 0 Å². The zero-order valence-electron chi connectivity index (χ0n) is 19.0. The molecule has 0 radical (unpaired) electrons. The number of aliphatic imine (C=N–C) groups is 1. The highest BCUT2D eigenvalue weighted by molar-refractivity contribution is 8.15. The molecule has 0 aromatic heterocycles. The van der Waals surface area contributed by atoms with Crippen LogP contribution >= 0.6 is 11.8 Å². The monoisotopic (exact) mass is 473 g/mol. The maximum absolute atomic E-state index is 13.1. The summed E-state index contributed by atoms with van der Waals surface area (Å²) in [6.07, 6.45) is 1.80. The Morgan fingerprint density at radius 1 is 1.06 bits per heavy atom. The van der Waals surface area contributed by atoms with E-state index >= 15 is 0 Å². The molecule has 6 nitrogen and oxygen atoms in total. The van der Waals surface area contributed by atoms with Gasteiger partial charge in [-0.3, -0.25) is 14.5 Å². The Hall–Kier alpha value is -3.58. The quantitative estimate of drug-likeness (QED) is 0.483. The summed E-state index contributed by atoms with van der Waals surface area (Å²) in [6, 6.07) is 26.9. The number of ether oxygens (including phenoxy) is 1. The highest BCUT2D eigenvalue weighted by atomic mass is 32.2. The smallest absolute Gasteiger partial charge is 0.238 e. The topological polar surface area (TPSA) is 71.0 Å². The molecule has 1 saturated heterocycles. The number of rotatable bonds is 8. The molecule has 0 saturated carbocycles. The number of nitrogens with zero attached hydrogens (tertiary/aromatic N) is 2. The standard InChI is InChI=1S/C27H27N3O3S/c1-33-23-16-8-15-22(18-23)28-26(32)24-19-25(31)30(17-9-12-20-10-4-2-5-11-20)27(34-24)29-21-13-6-3-7-14-21/h2-8,10-11,13-16,18,24H,9,12,17,19H2,1H3,(H,28,32). The van der Waals surface area contributed by atoms with E-state index in [1.807, 2.05) is 60.7 Å². The van der Waals surface area contributed by atoms with Gasteiger partial charge in [-0.25, -0.2) is 4.99 Å². The van der Waals surface area contributed by atoms with Crippen molar-refractivity contribution in [2.75, 3.05) is 19.0 Å². The largest absolute Gasteiger partial charge is 0.497 e. The summed E-state index contributed by atoms with van der Waals surface area (Å²) in [5.74, 6) is 0.338. The first-order valence-electron chi connectivity index (χ1n) is 11.2. The lowest BCUT2D eigenvalue weighted by molar-refractivity contribution is -0.129. The highest BCUT2D eigenvalue weighted by Crippen LogP contribution is 2.30. The third-order valence-electron chi connectivity index (χ3n) is 5.44. The third-order valence-corrected chi connectivity index (χ3v) is 6.63. The Bertz CT molecular complexity index is 1150. The van der Waals surface area contributed by atoms with E-state index < -0.39 is 5.25 Å². The van der Waals surface area contributed by atoms with Crippen LogP contribution in [0.1, 0.15) is 18.4 Å². The number of anilines is 1. The second-order valence-corrected chi connectivity index (χ2v) is 9.07. The van der Waals surface area contributed by atoms with Gasteiger partial charge in [0.1, 0.15) is 11.0 Å². The van der Waals surface area contributed by atoms with Gasteiger partial charge in [0, 0.05) is 24.7 Å². The average molecular weight is 474 g/mol. The number of hydrogen-bond donors (Lipinski definition) is 1. The van der Waals surface area contributed by atoms with Crippen molar-refractivity contribution in [3.63, 3.8) is 0 Å². The van der Waals surface area contributed by atoms with Crippen molar-refractivity contribution in [2.24, 2.45) is 4.99 Å². The number of methoxy groups -OCH3 is 1. The average Bonchev–Trinajstić information content (AvgIpc) is 2.87. The van der Waals surface area contributed by atoms with Crippen molar-refractivity contribution in [1.29, 1.82) is 0 Å². The highest BCUT2D eigenvalue weighted by Gasteiger charge is 2.35. The van der Waals surface area contributed by atoms with E-state index in [1.165, 1.54) is 17.3 Å². The minimum Gasteiger partial charge on any atom is -0.497 e. The number of carbonyl (C=O) groups excluding carboxylic acids is 2. The van der Waals surface area contributed by atoms with Crippen molar-refractivity contribution >= 4 is 40.1 Å². The second kappa shape index (κ2) is 11.5. The van der Waals surface area contributed by atoms with E-state index in [9.17, 15) is 9.59 Å². The zero-order valence-corrected chi connectivity index (χ0v) is 19.8. The molecule has 1 atom stereocenters. The summed E-state index contributed by atoms with van der Waals surface area (Å²) in [5.41, 5.74) is 2.61. The molecule has 0 spiro atoms. The predicted molar refractivity (Wildman–Crippen MR) is 138 cm³/mol. The van der Waals surface area contributed by atoms with Gasteiger partial charge in [0.25, 0.3) is 0 Å². The van der Waals surface area contributed by atoms with Crippen LogP contribution in [0.4, 0.5) is 11.4 Å². The van der Waals surface area contributed by atoms with Gasteiger partial charge in [0.2, 0.25) is 11.8 Å². The van der Waals surface area contributed by atoms with Crippen LogP contribution in [-0.4, -0.2) is 40.8 Å². The van der Waals surface area contributed by atoms with Crippen molar-refractivity contribution < 1.29 is 14.3 Å². The number of benzene rings is 3. The van der Waals surface area contributed by atoms with E-state index in [1.54, 1.807) is 24.1 Å². The van der Waals surface area contributed by atoms with Crippen molar-refractivity contribution in [3.8, 4) is 5.75 Å². The first kappa shape index (κ1) is 23.6. The predicted octanol–water partition coefficient (Wildman–Crippen LogP) is 5.29. The van der Waals surface area contributed by atoms with Crippen LogP contribution in [0.15, 0.2) is 89.9 Å². The fraction of sp³-hybridized carbons (Fsp3) is 0.222. The molecule has 1 heterocycles. The number of hydrogen-bond acceptors (Lipinski definition) is 5. The Morgan fingerprint density at radius 2 is 1.79 bits per heavy atom. The molecular weight excluding hydrogens is 446 g/mol. The Morgan fingerprint density at radius 3 is 2.53 bits per heavy atom. The molecule has 174 valence electrons. The van der Waals surface area contributed by atoms with Crippen LogP contribution in [0.3, 0.4) is 0 Å². The van der Waals surface area contributed by atoms with Crippen LogP contribution in [0, 0.1) is 0 Å². The van der Waals surface area contributed by atoms with E-state index in [-0.39, 0.29) is 18.2 Å². The van der Waals surface area contributed by atoms with Crippen LogP contribution in [0.25, 0.3) is 0 Å². The van der Waals surface area contributed by atoms with Crippen LogP contribution in [0.5, 0.6) is 5.75 Å². The maximum Gasteiger partial charge on any atom is 0.238 e. The number of amides is 2. The number of carbonyl (C=O) groups is 2. The summed E-state index contributed by atoms with van der Waals surface area (Å²) in [5, 5.41) is 2.90. The summed E-state index contributed by atoms with van der Waals surface area (Å²) >= 11 is 1.33. The molecule has 1 unspecified atom stereocenters. The molecule has 1 N–H and O–H groups in total. The lowest BCUT2D eigenvalue weighted by Crippen LogP contribution is -2.45. The molecule has 1 aliphatic rings. The molecule has 0 aliphatic carbocycles. The molecule has 1 fully saturated rings. The van der Waals surface area contributed by atoms with E-state index in [4.69, 9.17) is 9.73 Å². The fourth-order valence-corrected chi connectivity index (χ4v) is 4.81. The molecule has 3 aromatic rings. The van der Waals surface area contributed by atoms with Crippen molar-refractivity contribution in [2.45, 2.75) is 24.5 Å². The minimum absolute atomic E-state index is 0.0905. The fourth-order valence-electron chi connectivity index (χ4n) is 3.68. The molecule has 3 aromatic carbocycles. The normalized spacial score (nSPS) is 17.0. The first-order chi connectivity index (χ1) is 16.6. The van der Waals surface area contributed by atoms with Gasteiger partial charge >= 0.3 is 0 Å². The molecule has 7 heteroatoms. The van der Waals surface area contributed by atoms with Gasteiger partial charge in [-0.05, 0) is 42.7 Å². The number of amidine groups is 1. The third kappa shape index (κ3) is 6.26. The maximum atomic E-state index is 13.1. The number of thioether (sulfide) groups is 1. The van der Waals surface area contributed by atoms with Gasteiger partial charge in [-0.2, -0.15) is 0 Å². The van der Waals surface area contributed by atoms with Gasteiger partial charge < -0.3 is 10.1 Å². The molecule has 2 amide bonds. The molecule has 0 bridgehead atoms. The Kier molecular flexibility index (Phi) is 7.99.